The maximum Gasteiger partial charge on any atom is 0.248 e. The van der Waals surface area contributed by atoms with Gasteiger partial charge in [-0.05, 0) is 38.0 Å². The molecule has 0 saturated carbocycles. The summed E-state index contributed by atoms with van der Waals surface area (Å²) in [4.78, 5) is 8.54. The first-order valence-corrected chi connectivity index (χ1v) is 7.61. The van der Waals surface area contributed by atoms with Gasteiger partial charge in [-0.25, -0.2) is 4.99 Å². The summed E-state index contributed by atoms with van der Waals surface area (Å²) in [6.45, 7) is 5.70. The summed E-state index contributed by atoms with van der Waals surface area (Å²) in [5.41, 5.74) is 1.18. The number of hydrogen-bond acceptors (Lipinski definition) is 4. The van der Waals surface area contributed by atoms with Gasteiger partial charge in [-0.3, -0.25) is 0 Å². The molecule has 0 unspecified atom stereocenters. The second-order valence-electron chi connectivity index (χ2n) is 4.74. The molecule has 7 heteroatoms. The molecule has 2 aromatic rings. The Hall–Kier alpha value is -2.08. The first-order chi connectivity index (χ1) is 10.7. The van der Waals surface area contributed by atoms with Gasteiger partial charge in [-0.2, -0.15) is 4.98 Å². The van der Waals surface area contributed by atoms with Crippen molar-refractivity contribution < 1.29 is 4.52 Å². The van der Waals surface area contributed by atoms with Crippen molar-refractivity contribution in [2.45, 2.75) is 26.8 Å². The summed E-state index contributed by atoms with van der Waals surface area (Å²) in [7, 11) is 0. The predicted octanol–water partition coefficient (Wildman–Crippen LogP) is 2.33. The molecule has 1 aromatic heterocycles. The van der Waals surface area contributed by atoms with Crippen LogP contribution in [0.15, 0.2) is 33.8 Å². The van der Waals surface area contributed by atoms with E-state index >= 15 is 0 Å². The molecule has 0 aliphatic heterocycles. The van der Waals surface area contributed by atoms with Gasteiger partial charge in [0, 0.05) is 18.1 Å². The number of aromatic nitrogens is 2. The van der Waals surface area contributed by atoms with E-state index in [4.69, 9.17) is 16.1 Å². The Kier molecular flexibility index (Phi) is 6.21. The molecule has 2 rings (SSSR count). The Morgan fingerprint density at radius 2 is 2.23 bits per heavy atom. The van der Waals surface area contributed by atoms with Crippen LogP contribution < -0.4 is 10.6 Å². The highest BCUT2D eigenvalue weighted by molar-refractivity contribution is 6.30. The quantitative estimate of drug-likeness (QED) is 0.631. The Morgan fingerprint density at radius 3 is 2.91 bits per heavy atom. The average Bonchev–Trinajstić information content (AvgIpc) is 2.90. The van der Waals surface area contributed by atoms with Crippen LogP contribution in [0.2, 0.25) is 5.02 Å². The van der Waals surface area contributed by atoms with E-state index in [1.54, 1.807) is 6.92 Å². The van der Waals surface area contributed by atoms with Crippen LogP contribution in [0.1, 0.15) is 24.2 Å². The smallest absolute Gasteiger partial charge is 0.248 e. The van der Waals surface area contributed by atoms with E-state index in [1.807, 2.05) is 25.1 Å². The van der Waals surface area contributed by atoms with Crippen LogP contribution >= 0.6 is 11.6 Å². The van der Waals surface area contributed by atoms with Gasteiger partial charge in [0.2, 0.25) is 5.89 Å². The lowest BCUT2D eigenvalue weighted by Crippen LogP contribution is -2.38. The Bertz CT molecular complexity index is 626. The Balaban J connectivity index is 1.85. The monoisotopic (exact) mass is 321 g/mol. The van der Waals surface area contributed by atoms with E-state index in [0.29, 0.717) is 18.3 Å². The van der Waals surface area contributed by atoms with Crippen molar-refractivity contribution >= 4 is 17.6 Å². The fourth-order valence-corrected chi connectivity index (χ4v) is 2.12. The van der Waals surface area contributed by atoms with E-state index in [2.05, 4.69) is 31.8 Å². The second-order valence-corrected chi connectivity index (χ2v) is 5.17. The summed E-state index contributed by atoms with van der Waals surface area (Å²) in [5.74, 6) is 1.84. The van der Waals surface area contributed by atoms with Crippen molar-refractivity contribution in [1.82, 2.24) is 20.8 Å². The van der Waals surface area contributed by atoms with Crippen LogP contribution in [0.25, 0.3) is 0 Å². The maximum absolute atomic E-state index is 5.98. The Morgan fingerprint density at radius 1 is 1.36 bits per heavy atom. The first-order valence-electron chi connectivity index (χ1n) is 7.23. The predicted molar refractivity (Wildman–Crippen MR) is 87.0 cm³/mol. The van der Waals surface area contributed by atoms with Crippen molar-refractivity contribution in [2.24, 2.45) is 4.99 Å². The molecular formula is C15H20ClN5O. The van der Waals surface area contributed by atoms with E-state index in [1.165, 1.54) is 5.56 Å². The van der Waals surface area contributed by atoms with Gasteiger partial charge >= 0.3 is 0 Å². The fourth-order valence-electron chi connectivity index (χ4n) is 1.91. The number of guanidine groups is 1. The summed E-state index contributed by atoms with van der Waals surface area (Å²) >= 11 is 5.98. The number of benzene rings is 1. The van der Waals surface area contributed by atoms with Crippen molar-refractivity contribution in [3.63, 3.8) is 0 Å². The minimum Gasteiger partial charge on any atom is -0.357 e. The fraction of sp³-hybridized carbons (Fsp3) is 0.400. The lowest BCUT2D eigenvalue weighted by atomic mass is 10.1. The highest BCUT2D eigenvalue weighted by Gasteiger charge is 2.03. The highest BCUT2D eigenvalue weighted by Crippen LogP contribution is 2.10. The average molecular weight is 322 g/mol. The summed E-state index contributed by atoms with van der Waals surface area (Å²) in [6.07, 6.45) is 0.866. The number of halogens is 1. The molecule has 0 saturated heterocycles. The zero-order chi connectivity index (χ0) is 15.8. The molecule has 0 fully saturated rings. The number of nitrogens with zero attached hydrogens (tertiary/aromatic N) is 3. The van der Waals surface area contributed by atoms with Gasteiger partial charge in [0.1, 0.15) is 6.54 Å². The van der Waals surface area contributed by atoms with Crippen molar-refractivity contribution in [3.05, 3.63) is 46.6 Å². The van der Waals surface area contributed by atoms with E-state index in [0.717, 1.165) is 30.5 Å². The summed E-state index contributed by atoms with van der Waals surface area (Å²) in [5, 5.41) is 10.9. The van der Waals surface area contributed by atoms with Gasteiger partial charge in [0.25, 0.3) is 0 Å². The molecule has 0 atom stereocenters. The molecular weight excluding hydrogens is 302 g/mol. The van der Waals surface area contributed by atoms with Gasteiger partial charge in [0.05, 0.1) is 0 Å². The van der Waals surface area contributed by atoms with E-state index in [9.17, 15) is 0 Å². The molecule has 22 heavy (non-hydrogen) atoms. The van der Waals surface area contributed by atoms with Crippen LogP contribution in [0, 0.1) is 6.92 Å². The maximum atomic E-state index is 5.98. The largest absolute Gasteiger partial charge is 0.357 e. The molecule has 0 amide bonds. The molecule has 0 aliphatic rings. The third-order valence-electron chi connectivity index (χ3n) is 2.88. The van der Waals surface area contributed by atoms with Crippen molar-refractivity contribution in [1.29, 1.82) is 0 Å². The molecule has 0 aliphatic carbocycles. The Labute approximate surface area is 135 Å². The standard InChI is InChI=1S/C15H20ClN5O/c1-3-17-15(19-10-14-20-11(2)21-22-14)18-8-7-12-5-4-6-13(16)9-12/h4-6,9H,3,7-8,10H2,1-2H3,(H2,17,18,19). The molecule has 0 bridgehead atoms. The molecule has 2 N–H and O–H groups in total. The third kappa shape index (κ3) is 5.37. The van der Waals surface area contributed by atoms with Crippen molar-refractivity contribution in [2.75, 3.05) is 13.1 Å². The second kappa shape index (κ2) is 8.38. The normalized spacial score (nSPS) is 11.5. The zero-order valence-corrected chi connectivity index (χ0v) is 13.5. The third-order valence-corrected chi connectivity index (χ3v) is 3.12. The minimum atomic E-state index is 0.355. The highest BCUT2D eigenvalue weighted by atomic mass is 35.5. The topological polar surface area (TPSA) is 75.3 Å². The lowest BCUT2D eigenvalue weighted by molar-refractivity contribution is 0.376. The molecule has 0 radical (unpaired) electrons. The molecule has 6 nitrogen and oxygen atoms in total. The van der Waals surface area contributed by atoms with Gasteiger partial charge in [0.15, 0.2) is 11.8 Å². The van der Waals surface area contributed by atoms with Crippen LogP contribution in [-0.2, 0) is 13.0 Å². The zero-order valence-electron chi connectivity index (χ0n) is 12.8. The van der Waals surface area contributed by atoms with Crippen LogP contribution in [-0.4, -0.2) is 29.2 Å². The minimum absolute atomic E-state index is 0.355. The first kappa shape index (κ1) is 16.3. The van der Waals surface area contributed by atoms with E-state index in [-0.39, 0.29) is 0 Å². The van der Waals surface area contributed by atoms with Gasteiger partial charge in [-0.1, -0.05) is 28.9 Å². The van der Waals surface area contributed by atoms with E-state index < -0.39 is 0 Å². The van der Waals surface area contributed by atoms with Crippen LogP contribution in [0.5, 0.6) is 0 Å². The number of rotatable bonds is 6. The van der Waals surface area contributed by atoms with Crippen molar-refractivity contribution in [3.8, 4) is 0 Å². The van der Waals surface area contributed by atoms with Gasteiger partial charge in [-0.15, -0.1) is 0 Å². The number of nitrogens with one attached hydrogen (secondary N) is 2. The molecule has 1 aromatic carbocycles. The number of aliphatic imine (C=N–C) groups is 1. The molecule has 0 spiro atoms. The molecule has 118 valence electrons. The van der Waals surface area contributed by atoms with Crippen LogP contribution in [0.3, 0.4) is 0 Å². The number of hydrogen-bond donors (Lipinski definition) is 2. The van der Waals surface area contributed by atoms with Crippen LogP contribution in [0.4, 0.5) is 0 Å². The molecule has 1 heterocycles. The summed E-state index contributed by atoms with van der Waals surface area (Å²) in [6, 6.07) is 7.85. The SMILES string of the molecule is CCNC(=NCc1nc(C)no1)NCCc1cccc(Cl)c1. The summed E-state index contributed by atoms with van der Waals surface area (Å²) < 4.78 is 5.04. The number of aryl methyl sites for hydroxylation is 1. The van der Waals surface area contributed by atoms with Gasteiger partial charge < -0.3 is 15.2 Å². The lowest BCUT2D eigenvalue weighted by Gasteiger charge is -2.10.